The molecule has 1 aromatic rings. The largest absolute Gasteiger partial charge is 0.490 e. The summed E-state index contributed by atoms with van der Waals surface area (Å²) in [7, 11) is 1.98. The van der Waals surface area contributed by atoms with Crippen molar-refractivity contribution in [2.24, 2.45) is 5.92 Å². The number of nitrogens with one attached hydrogen (secondary N) is 1. The summed E-state index contributed by atoms with van der Waals surface area (Å²) in [6, 6.07) is 4.16. The number of fused-ring (bicyclic) bond motifs is 1. The molecule has 1 aliphatic rings. The fraction of sp³-hybridized carbons (Fsp3) is 0.625. The highest BCUT2D eigenvalue weighted by Crippen LogP contribution is 2.39. The first-order valence-corrected chi connectivity index (χ1v) is 7.81. The highest BCUT2D eigenvalue weighted by Gasteiger charge is 2.22. The van der Waals surface area contributed by atoms with Crippen molar-refractivity contribution in [1.29, 1.82) is 0 Å². The van der Waals surface area contributed by atoms with E-state index in [1.807, 2.05) is 19.2 Å². The van der Waals surface area contributed by atoms with Crippen molar-refractivity contribution in [2.75, 3.05) is 20.3 Å². The van der Waals surface area contributed by atoms with Crippen LogP contribution < -0.4 is 14.8 Å². The molecule has 0 radical (unpaired) electrons. The molecule has 2 rings (SSSR count). The van der Waals surface area contributed by atoms with Crippen LogP contribution in [0.3, 0.4) is 0 Å². The summed E-state index contributed by atoms with van der Waals surface area (Å²) in [5, 5.41) is 4.13. The fourth-order valence-electron chi connectivity index (χ4n) is 2.81. The van der Waals surface area contributed by atoms with Gasteiger partial charge in [-0.3, -0.25) is 0 Å². The molecular weight excluding hydrogens is 274 g/mol. The molecule has 0 saturated heterocycles. The highest BCUT2D eigenvalue weighted by molar-refractivity contribution is 6.31. The highest BCUT2D eigenvalue weighted by atomic mass is 35.5. The molecule has 3 nitrogen and oxygen atoms in total. The Morgan fingerprint density at radius 1 is 1.25 bits per heavy atom. The molecule has 0 aromatic heterocycles. The SMILES string of the molecule is CCCC(C)C(NC)c1cc2c(cc1Cl)OCCCO2. The number of hydrogen-bond acceptors (Lipinski definition) is 3. The van der Waals surface area contributed by atoms with E-state index in [1.165, 1.54) is 6.42 Å². The first-order chi connectivity index (χ1) is 9.67. The molecule has 1 heterocycles. The van der Waals surface area contributed by atoms with Gasteiger partial charge in [0.05, 0.1) is 13.2 Å². The Morgan fingerprint density at radius 2 is 1.90 bits per heavy atom. The van der Waals surface area contributed by atoms with E-state index in [1.54, 1.807) is 0 Å². The van der Waals surface area contributed by atoms with E-state index in [4.69, 9.17) is 21.1 Å². The summed E-state index contributed by atoms with van der Waals surface area (Å²) in [5.41, 5.74) is 1.10. The lowest BCUT2D eigenvalue weighted by Crippen LogP contribution is -2.24. The van der Waals surface area contributed by atoms with E-state index < -0.39 is 0 Å². The van der Waals surface area contributed by atoms with Gasteiger partial charge >= 0.3 is 0 Å². The molecule has 2 atom stereocenters. The van der Waals surface area contributed by atoms with Crippen LogP contribution in [0.1, 0.15) is 44.7 Å². The molecule has 0 aliphatic carbocycles. The zero-order chi connectivity index (χ0) is 14.5. The van der Waals surface area contributed by atoms with Gasteiger partial charge in [0.25, 0.3) is 0 Å². The van der Waals surface area contributed by atoms with Gasteiger partial charge in [-0.15, -0.1) is 0 Å². The van der Waals surface area contributed by atoms with Crippen molar-refractivity contribution >= 4 is 11.6 Å². The minimum absolute atomic E-state index is 0.236. The van der Waals surface area contributed by atoms with Gasteiger partial charge in [-0.05, 0) is 31.0 Å². The van der Waals surface area contributed by atoms with Crippen LogP contribution in [0.25, 0.3) is 0 Å². The van der Waals surface area contributed by atoms with Gasteiger partial charge in [0.15, 0.2) is 11.5 Å². The van der Waals surface area contributed by atoms with E-state index in [0.717, 1.165) is 34.9 Å². The maximum absolute atomic E-state index is 6.46. The monoisotopic (exact) mass is 297 g/mol. The van der Waals surface area contributed by atoms with Gasteiger partial charge in [0.2, 0.25) is 0 Å². The lowest BCUT2D eigenvalue weighted by Gasteiger charge is -2.25. The molecule has 20 heavy (non-hydrogen) atoms. The molecule has 0 amide bonds. The number of benzene rings is 1. The molecule has 1 aromatic carbocycles. The molecule has 0 spiro atoms. The Hall–Kier alpha value is -0.930. The van der Waals surface area contributed by atoms with Crippen molar-refractivity contribution in [1.82, 2.24) is 5.32 Å². The van der Waals surface area contributed by atoms with E-state index in [9.17, 15) is 0 Å². The normalized spacial score (nSPS) is 17.4. The zero-order valence-corrected chi connectivity index (χ0v) is 13.3. The number of hydrogen-bond donors (Lipinski definition) is 1. The van der Waals surface area contributed by atoms with Gasteiger partial charge in [-0.2, -0.15) is 0 Å². The van der Waals surface area contributed by atoms with E-state index in [0.29, 0.717) is 19.1 Å². The van der Waals surface area contributed by atoms with Gasteiger partial charge in [0.1, 0.15) is 0 Å². The number of halogens is 1. The van der Waals surface area contributed by atoms with Gasteiger partial charge in [0, 0.05) is 23.6 Å². The lowest BCUT2D eigenvalue weighted by molar-refractivity contribution is 0.296. The maximum atomic E-state index is 6.46. The average Bonchev–Trinajstić information content (AvgIpc) is 2.65. The van der Waals surface area contributed by atoms with Crippen LogP contribution in [0.5, 0.6) is 11.5 Å². The quantitative estimate of drug-likeness (QED) is 0.883. The Bertz CT molecular complexity index is 450. The third-order valence-corrected chi connectivity index (χ3v) is 4.15. The number of ether oxygens (including phenoxy) is 2. The summed E-state index contributed by atoms with van der Waals surface area (Å²) >= 11 is 6.46. The Balaban J connectivity index is 2.32. The van der Waals surface area contributed by atoms with Crippen LogP contribution in [0.2, 0.25) is 5.02 Å². The fourth-order valence-corrected chi connectivity index (χ4v) is 3.08. The van der Waals surface area contributed by atoms with Crippen molar-refractivity contribution < 1.29 is 9.47 Å². The molecule has 0 bridgehead atoms. The Morgan fingerprint density at radius 3 is 2.50 bits per heavy atom. The van der Waals surface area contributed by atoms with Crippen LogP contribution >= 0.6 is 11.6 Å². The summed E-state index contributed by atoms with van der Waals surface area (Å²) < 4.78 is 11.4. The molecule has 4 heteroatoms. The summed E-state index contributed by atoms with van der Waals surface area (Å²) in [6.07, 6.45) is 3.24. The maximum Gasteiger partial charge on any atom is 0.162 e. The van der Waals surface area contributed by atoms with E-state index in [-0.39, 0.29) is 6.04 Å². The van der Waals surface area contributed by atoms with Gasteiger partial charge in [-0.25, -0.2) is 0 Å². The standard InChI is InChI=1S/C16H24ClNO2/c1-4-6-11(2)16(18-3)12-9-14-15(10-13(12)17)20-8-5-7-19-14/h9-11,16,18H,4-8H2,1-3H3. The molecule has 1 aliphatic heterocycles. The first kappa shape index (κ1) is 15.5. The molecule has 0 fully saturated rings. The molecule has 2 unspecified atom stereocenters. The van der Waals surface area contributed by atoms with Crippen molar-refractivity contribution in [3.8, 4) is 11.5 Å². The molecule has 1 N–H and O–H groups in total. The Labute approximate surface area is 126 Å². The third-order valence-electron chi connectivity index (χ3n) is 3.83. The molecule has 0 saturated carbocycles. The van der Waals surface area contributed by atoms with Crippen molar-refractivity contribution in [3.05, 3.63) is 22.7 Å². The topological polar surface area (TPSA) is 30.5 Å². The van der Waals surface area contributed by atoms with Gasteiger partial charge < -0.3 is 14.8 Å². The Kier molecular flexibility index (Phi) is 5.55. The molecule has 112 valence electrons. The molecular formula is C16H24ClNO2. The predicted octanol–water partition coefficient (Wildman–Crippen LogP) is 4.20. The second kappa shape index (κ2) is 7.19. The number of rotatable bonds is 5. The van der Waals surface area contributed by atoms with Crippen LogP contribution in [-0.4, -0.2) is 20.3 Å². The third kappa shape index (κ3) is 3.39. The summed E-state index contributed by atoms with van der Waals surface area (Å²) in [6.45, 7) is 5.84. The van der Waals surface area contributed by atoms with Crippen molar-refractivity contribution in [2.45, 2.75) is 39.2 Å². The average molecular weight is 298 g/mol. The predicted molar refractivity (Wildman–Crippen MR) is 82.9 cm³/mol. The van der Waals surface area contributed by atoms with Gasteiger partial charge in [-0.1, -0.05) is 31.9 Å². The minimum Gasteiger partial charge on any atom is -0.490 e. The smallest absolute Gasteiger partial charge is 0.162 e. The van der Waals surface area contributed by atoms with Crippen LogP contribution in [0.4, 0.5) is 0 Å². The van der Waals surface area contributed by atoms with E-state index in [2.05, 4.69) is 19.2 Å². The van der Waals surface area contributed by atoms with Crippen molar-refractivity contribution in [3.63, 3.8) is 0 Å². The second-order valence-electron chi connectivity index (χ2n) is 5.40. The lowest BCUT2D eigenvalue weighted by atomic mass is 9.91. The summed E-state index contributed by atoms with van der Waals surface area (Å²) in [4.78, 5) is 0. The van der Waals surface area contributed by atoms with Crippen LogP contribution in [0.15, 0.2) is 12.1 Å². The minimum atomic E-state index is 0.236. The second-order valence-corrected chi connectivity index (χ2v) is 5.81. The first-order valence-electron chi connectivity index (χ1n) is 7.43. The van der Waals surface area contributed by atoms with Crippen LogP contribution in [0, 0.1) is 5.92 Å². The zero-order valence-electron chi connectivity index (χ0n) is 12.5. The van der Waals surface area contributed by atoms with E-state index >= 15 is 0 Å². The summed E-state index contributed by atoms with van der Waals surface area (Å²) in [5.74, 6) is 2.09. The van der Waals surface area contributed by atoms with Crippen LogP contribution in [-0.2, 0) is 0 Å².